The van der Waals surface area contributed by atoms with Crippen LogP contribution in [0.5, 0.6) is 17.4 Å². The van der Waals surface area contributed by atoms with E-state index in [0.717, 1.165) is 48.4 Å². The summed E-state index contributed by atoms with van der Waals surface area (Å²) in [4.78, 5) is 15.1. The fourth-order valence-corrected chi connectivity index (χ4v) is 4.19. The molecular weight excluding hydrogens is 438 g/mol. The van der Waals surface area contributed by atoms with E-state index in [1.807, 2.05) is 60.4 Å². The number of methoxy groups -OCH3 is 1. The Hall–Kier alpha value is -2.99. The van der Waals surface area contributed by atoms with Gasteiger partial charge in [-0.05, 0) is 68.7 Å². The van der Waals surface area contributed by atoms with Gasteiger partial charge in [0.15, 0.2) is 0 Å². The van der Waals surface area contributed by atoms with Crippen molar-refractivity contribution in [2.45, 2.75) is 46.1 Å². The quantitative estimate of drug-likeness (QED) is 0.377. The van der Waals surface area contributed by atoms with E-state index >= 15 is 0 Å². The normalized spacial score (nSPS) is 13.5. The standard InChI is InChI=1S/C26H30ClN3O3/c1-4-15-29(25(31)19-7-5-8-19)17-24-18(2)28-30(21-10-6-9-20(27)16-21)26(24)33-23-13-11-22(32-3)12-14-23/h6,9-14,16,19H,4-5,7-8,15,17H2,1-3H3. The number of hydrogen-bond acceptors (Lipinski definition) is 4. The largest absolute Gasteiger partial charge is 0.497 e. The van der Waals surface area contributed by atoms with E-state index in [2.05, 4.69) is 6.92 Å². The lowest BCUT2D eigenvalue weighted by atomic mass is 9.84. The number of carbonyl (C=O) groups is 1. The number of rotatable bonds is 9. The predicted octanol–water partition coefficient (Wildman–Crippen LogP) is 6.17. The number of ether oxygens (including phenoxy) is 2. The van der Waals surface area contributed by atoms with E-state index in [0.29, 0.717) is 29.7 Å². The molecule has 3 aromatic rings. The lowest BCUT2D eigenvalue weighted by molar-refractivity contribution is -0.138. The smallest absolute Gasteiger partial charge is 0.227 e. The molecule has 1 amide bonds. The molecule has 1 aromatic heterocycles. The lowest BCUT2D eigenvalue weighted by Gasteiger charge is -2.31. The number of amides is 1. The van der Waals surface area contributed by atoms with Gasteiger partial charge < -0.3 is 14.4 Å². The molecule has 7 heteroatoms. The monoisotopic (exact) mass is 467 g/mol. The molecule has 1 heterocycles. The zero-order valence-corrected chi connectivity index (χ0v) is 20.1. The highest BCUT2D eigenvalue weighted by Crippen LogP contribution is 2.34. The number of hydrogen-bond donors (Lipinski definition) is 0. The van der Waals surface area contributed by atoms with Crippen molar-refractivity contribution in [2.75, 3.05) is 13.7 Å². The summed E-state index contributed by atoms with van der Waals surface area (Å²) in [6.07, 6.45) is 3.99. The minimum absolute atomic E-state index is 0.144. The Balaban J connectivity index is 1.73. The van der Waals surface area contributed by atoms with Gasteiger partial charge in [0, 0.05) is 17.5 Å². The van der Waals surface area contributed by atoms with Gasteiger partial charge >= 0.3 is 0 Å². The van der Waals surface area contributed by atoms with Gasteiger partial charge in [-0.1, -0.05) is 31.0 Å². The van der Waals surface area contributed by atoms with Gasteiger partial charge in [0.2, 0.25) is 11.8 Å². The third kappa shape index (κ3) is 5.17. The molecule has 4 rings (SSSR count). The number of halogens is 1. The predicted molar refractivity (Wildman–Crippen MR) is 129 cm³/mol. The van der Waals surface area contributed by atoms with Crippen molar-refractivity contribution in [1.82, 2.24) is 14.7 Å². The lowest BCUT2D eigenvalue weighted by Crippen LogP contribution is -2.39. The Labute approximate surface area is 200 Å². The number of aromatic nitrogens is 2. The van der Waals surface area contributed by atoms with Crippen molar-refractivity contribution in [3.8, 4) is 23.1 Å². The first-order valence-corrected chi connectivity index (χ1v) is 11.8. The van der Waals surface area contributed by atoms with Crippen LogP contribution in [0, 0.1) is 12.8 Å². The van der Waals surface area contributed by atoms with Crippen LogP contribution in [0.1, 0.15) is 43.9 Å². The summed E-state index contributed by atoms with van der Waals surface area (Å²) >= 11 is 6.26. The van der Waals surface area contributed by atoms with E-state index in [9.17, 15) is 4.79 Å². The molecule has 0 spiro atoms. The zero-order valence-electron chi connectivity index (χ0n) is 19.4. The molecular formula is C26H30ClN3O3. The molecule has 33 heavy (non-hydrogen) atoms. The van der Waals surface area contributed by atoms with Crippen LogP contribution in [0.15, 0.2) is 48.5 Å². The fraction of sp³-hybridized carbons (Fsp3) is 0.385. The molecule has 174 valence electrons. The average Bonchev–Trinajstić information content (AvgIpc) is 3.08. The van der Waals surface area contributed by atoms with Gasteiger partial charge in [0.25, 0.3) is 0 Å². The molecule has 0 atom stereocenters. The van der Waals surface area contributed by atoms with E-state index in [1.165, 1.54) is 0 Å². The second-order valence-corrected chi connectivity index (χ2v) is 8.86. The molecule has 0 radical (unpaired) electrons. The molecule has 0 unspecified atom stereocenters. The van der Waals surface area contributed by atoms with Crippen molar-refractivity contribution in [3.63, 3.8) is 0 Å². The number of carbonyl (C=O) groups excluding carboxylic acids is 1. The molecule has 0 N–H and O–H groups in total. The third-order valence-corrected chi connectivity index (χ3v) is 6.31. The Morgan fingerprint density at radius 2 is 1.91 bits per heavy atom. The topological polar surface area (TPSA) is 56.6 Å². The highest BCUT2D eigenvalue weighted by atomic mass is 35.5. The van der Waals surface area contributed by atoms with Crippen LogP contribution >= 0.6 is 11.6 Å². The van der Waals surface area contributed by atoms with E-state index in [-0.39, 0.29) is 11.8 Å². The van der Waals surface area contributed by atoms with Crippen molar-refractivity contribution >= 4 is 17.5 Å². The van der Waals surface area contributed by atoms with Crippen LogP contribution in [0.4, 0.5) is 0 Å². The number of aryl methyl sites for hydroxylation is 1. The molecule has 2 aromatic carbocycles. The average molecular weight is 468 g/mol. The summed E-state index contributed by atoms with van der Waals surface area (Å²) in [5.74, 6) is 2.37. The number of nitrogens with zero attached hydrogens (tertiary/aromatic N) is 3. The van der Waals surface area contributed by atoms with E-state index in [1.54, 1.807) is 11.8 Å². The molecule has 0 saturated heterocycles. The van der Waals surface area contributed by atoms with Crippen LogP contribution in [-0.2, 0) is 11.3 Å². The first-order chi connectivity index (χ1) is 16.0. The third-order valence-electron chi connectivity index (χ3n) is 6.07. The van der Waals surface area contributed by atoms with Crippen molar-refractivity contribution < 1.29 is 14.3 Å². The van der Waals surface area contributed by atoms with Gasteiger partial charge in [0.05, 0.1) is 30.6 Å². The van der Waals surface area contributed by atoms with Crippen LogP contribution in [0.2, 0.25) is 5.02 Å². The maximum atomic E-state index is 13.1. The molecule has 1 saturated carbocycles. The van der Waals surface area contributed by atoms with Gasteiger partial charge in [-0.2, -0.15) is 5.10 Å². The summed E-state index contributed by atoms with van der Waals surface area (Å²) in [7, 11) is 1.63. The maximum absolute atomic E-state index is 13.1. The minimum atomic E-state index is 0.144. The fourth-order valence-electron chi connectivity index (χ4n) is 4.00. The Morgan fingerprint density at radius 1 is 1.18 bits per heavy atom. The second kappa shape index (κ2) is 10.3. The maximum Gasteiger partial charge on any atom is 0.227 e. The highest BCUT2D eigenvalue weighted by Gasteiger charge is 2.31. The molecule has 1 aliphatic carbocycles. The number of benzene rings is 2. The van der Waals surface area contributed by atoms with Gasteiger partial charge in [-0.15, -0.1) is 0 Å². The zero-order chi connectivity index (χ0) is 23.4. The van der Waals surface area contributed by atoms with Crippen molar-refractivity contribution in [2.24, 2.45) is 5.92 Å². The minimum Gasteiger partial charge on any atom is -0.497 e. The summed E-state index contributed by atoms with van der Waals surface area (Å²) in [6, 6.07) is 14.9. The highest BCUT2D eigenvalue weighted by molar-refractivity contribution is 6.30. The summed E-state index contributed by atoms with van der Waals surface area (Å²) in [6.45, 7) is 5.22. The van der Waals surface area contributed by atoms with Crippen molar-refractivity contribution in [1.29, 1.82) is 0 Å². The molecule has 0 bridgehead atoms. The van der Waals surface area contributed by atoms with E-state index < -0.39 is 0 Å². The van der Waals surface area contributed by atoms with Crippen molar-refractivity contribution in [3.05, 3.63) is 64.8 Å². The SMILES string of the molecule is CCCN(Cc1c(C)nn(-c2cccc(Cl)c2)c1Oc1ccc(OC)cc1)C(=O)C1CCC1. The Kier molecular flexibility index (Phi) is 7.23. The Morgan fingerprint density at radius 3 is 2.52 bits per heavy atom. The van der Waals surface area contributed by atoms with Crippen LogP contribution in [0.3, 0.4) is 0 Å². The first-order valence-electron chi connectivity index (χ1n) is 11.4. The summed E-state index contributed by atoms with van der Waals surface area (Å²) < 4.78 is 13.4. The molecule has 6 nitrogen and oxygen atoms in total. The van der Waals surface area contributed by atoms with E-state index in [4.69, 9.17) is 26.2 Å². The Bertz CT molecular complexity index is 1110. The molecule has 1 fully saturated rings. The van der Waals surface area contributed by atoms with Crippen LogP contribution < -0.4 is 9.47 Å². The molecule has 1 aliphatic rings. The summed E-state index contributed by atoms with van der Waals surface area (Å²) in [5.41, 5.74) is 2.51. The van der Waals surface area contributed by atoms with Crippen LogP contribution in [0.25, 0.3) is 5.69 Å². The molecule has 0 aliphatic heterocycles. The summed E-state index contributed by atoms with van der Waals surface area (Å²) in [5, 5.41) is 5.39. The van der Waals surface area contributed by atoms with Crippen LogP contribution in [-0.4, -0.2) is 34.2 Å². The van der Waals surface area contributed by atoms with Gasteiger partial charge in [-0.25, -0.2) is 4.68 Å². The first kappa shape index (κ1) is 23.2. The van der Waals surface area contributed by atoms with Gasteiger partial charge in [-0.3, -0.25) is 4.79 Å². The second-order valence-electron chi connectivity index (χ2n) is 8.43. The van der Waals surface area contributed by atoms with Gasteiger partial charge in [0.1, 0.15) is 11.5 Å².